The van der Waals surface area contributed by atoms with E-state index >= 15 is 0 Å². The Bertz CT molecular complexity index is 499. The minimum Gasteiger partial charge on any atom is -0.464 e. The van der Waals surface area contributed by atoms with Crippen molar-refractivity contribution in [2.24, 2.45) is 0 Å². The average Bonchev–Trinajstić information content (AvgIpc) is 2.33. The standard InChI is InChI=1S/C13H18N2O4S/c1-13(2,3)19-12(18)15(14-11(16)17)9-7-5-6-8-10(9)20-4/h5-8,14H,1-4H3,(H,16,17). The molecule has 0 unspecified atom stereocenters. The molecule has 2 N–H and O–H groups in total. The second kappa shape index (κ2) is 6.51. The molecular formula is C13H18N2O4S. The Balaban J connectivity index is 3.12. The molecule has 0 radical (unpaired) electrons. The van der Waals surface area contributed by atoms with Gasteiger partial charge in [-0.1, -0.05) is 12.1 Å². The van der Waals surface area contributed by atoms with Crippen LogP contribution in [0.2, 0.25) is 0 Å². The lowest BCUT2D eigenvalue weighted by molar-refractivity contribution is 0.0558. The topological polar surface area (TPSA) is 78.9 Å². The third-order valence-electron chi connectivity index (χ3n) is 2.11. The molecule has 1 rings (SSSR count). The van der Waals surface area contributed by atoms with Gasteiger partial charge in [-0.15, -0.1) is 11.8 Å². The lowest BCUT2D eigenvalue weighted by Crippen LogP contribution is -2.48. The van der Waals surface area contributed by atoms with E-state index in [1.165, 1.54) is 11.8 Å². The predicted octanol–water partition coefficient (Wildman–Crippen LogP) is 3.33. The second-order valence-electron chi connectivity index (χ2n) is 4.90. The molecule has 6 nitrogen and oxygen atoms in total. The maximum absolute atomic E-state index is 12.1. The van der Waals surface area contributed by atoms with E-state index in [4.69, 9.17) is 9.84 Å². The number of hydrogen-bond donors (Lipinski definition) is 2. The highest BCUT2D eigenvalue weighted by Crippen LogP contribution is 2.28. The molecule has 0 aliphatic heterocycles. The predicted molar refractivity (Wildman–Crippen MR) is 78.1 cm³/mol. The Hall–Kier alpha value is -1.89. The largest absolute Gasteiger partial charge is 0.464 e. The Morgan fingerprint density at radius 2 is 1.90 bits per heavy atom. The smallest absolute Gasteiger partial charge is 0.434 e. The van der Waals surface area contributed by atoms with Crippen LogP contribution in [0, 0.1) is 0 Å². The highest BCUT2D eigenvalue weighted by atomic mass is 32.2. The summed E-state index contributed by atoms with van der Waals surface area (Å²) < 4.78 is 5.21. The van der Waals surface area contributed by atoms with Gasteiger partial charge in [0.25, 0.3) is 0 Å². The zero-order valence-corrected chi connectivity index (χ0v) is 12.7. The molecule has 0 fully saturated rings. The van der Waals surface area contributed by atoms with Gasteiger partial charge in [0.05, 0.1) is 5.69 Å². The number of para-hydroxylation sites is 1. The van der Waals surface area contributed by atoms with Crippen LogP contribution in [-0.4, -0.2) is 29.1 Å². The molecule has 1 aromatic carbocycles. The number of benzene rings is 1. The zero-order valence-electron chi connectivity index (χ0n) is 11.8. The molecule has 0 saturated heterocycles. The molecule has 0 heterocycles. The van der Waals surface area contributed by atoms with Gasteiger partial charge in [0, 0.05) is 4.90 Å². The van der Waals surface area contributed by atoms with Crippen molar-refractivity contribution >= 4 is 29.6 Å². The molecule has 0 atom stereocenters. The van der Waals surface area contributed by atoms with Crippen molar-refractivity contribution in [2.75, 3.05) is 11.3 Å². The molecule has 0 aliphatic rings. The van der Waals surface area contributed by atoms with E-state index in [1.807, 2.05) is 12.3 Å². The monoisotopic (exact) mass is 298 g/mol. The second-order valence-corrected chi connectivity index (χ2v) is 5.75. The molecular weight excluding hydrogens is 280 g/mol. The number of carbonyl (C=O) groups is 2. The minimum absolute atomic E-state index is 0.427. The summed E-state index contributed by atoms with van der Waals surface area (Å²) in [5.74, 6) is 0. The van der Waals surface area contributed by atoms with Gasteiger partial charge >= 0.3 is 12.2 Å². The van der Waals surface area contributed by atoms with Gasteiger partial charge in [-0.25, -0.2) is 15.0 Å². The van der Waals surface area contributed by atoms with Crippen LogP contribution >= 0.6 is 11.8 Å². The summed E-state index contributed by atoms with van der Waals surface area (Å²) in [5, 5.41) is 9.78. The van der Waals surface area contributed by atoms with Gasteiger partial charge in [-0.2, -0.15) is 5.01 Å². The molecule has 0 aromatic heterocycles. The van der Waals surface area contributed by atoms with E-state index in [0.717, 1.165) is 9.90 Å². The number of nitrogens with one attached hydrogen (secondary N) is 1. The molecule has 0 spiro atoms. The number of rotatable bonds is 2. The van der Waals surface area contributed by atoms with Crippen molar-refractivity contribution in [1.29, 1.82) is 0 Å². The third kappa shape index (κ3) is 4.65. The Kier molecular flexibility index (Phi) is 5.26. The third-order valence-corrected chi connectivity index (χ3v) is 2.89. The maximum Gasteiger partial charge on any atom is 0.434 e. The van der Waals surface area contributed by atoms with E-state index in [-0.39, 0.29) is 0 Å². The van der Waals surface area contributed by atoms with Crippen molar-refractivity contribution in [3.63, 3.8) is 0 Å². The fraction of sp³-hybridized carbons (Fsp3) is 0.385. The first kappa shape index (κ1) is 16.2. The number of amides is 2. The van der Waals surface area contributed by atoms with Crippen LogP contribution in [0.25, 0.3) is 0 Å². The maximum atomic E-state index is 12.1. The highest BCUT2D eigenvalue weighted by Gasteiger charge is 2.26. The van der Waals surface area contributed by atoms with E-state index in [1.54, 1.807) is 39.0 Å². The van der Waals surface area contributed by atoms with E-state index in [0.29, 0.717) is 5.69 Å². The van der Waals surface area contributed by atoms with Crippen LogP contribution in [0.15, 0.2) is 29.2 Å². The van der Waals surface area contributed by atoms with Gasteiger partial charge in [0.1, 0.15) is 5.60 Å². The summed E-state index contributed by atoms with van der Waals surface area (Å²) in [5.41, 5.74) is 1.76. The molecule has 20 heavy (non-hydrogen) atoms. The lowest BCUT2D eigenvalue weighted by atomic mass is 10.2. The summed E-state index contributed by atoms with van der Waals surface area (Å²) in [7, 11) is 0. The first-order valence-electron chi connectivity index (χ1n) is 5.90. The zero-order chi connectivity index (χ0) is 15.3. The van der Waals surface area contributed by atoms with Gasteiger partial charge in [0.2, 0.25) is 0 Å². The summed E-state index contributed by atoms with van der Waals surface area (Å²) in [6.45, 7) is 5.14. The fourth-order valence-corrected chi connectivity index (χ4v) is 2.01. The first-order chi connectivity index (χ1) is 9.24. The Morgan fingerprint density at radius 3 is 2.40 bits per heavy atom. The highest BCUT2D eigenvalue weighted by molar-refractivity contribution is 7.98. The van der Waals surface area contributed by atoms with Gasteiger partial charge < -0.3 is 9.84 Å². The van der Waals surface area contributed by atoms with Crippen LogP contribution in [-0.2, 0) is 4.74 Å². The number of nitrogens with zero attached hydrogens (tertiary/aromatic N) is 1. The molecule has 7 heteroatoms. The summed E-state index contributed by atoms with van der Waals surface area (Å²) in [6, 6.07) is 6.96. The minimum atomic E-state index is -1.34. The van der Waals surface area contributed by atoms with Crippen LogP contribution in [0.3, 0.4) is 0 Å². The van der Waals surface area contributed by atoms with Crippen molar-refractivity contribution < 1.29 is 19.4 Å². The lowest BCUT2D eigenvalue weighted by Gasteiger charge is -2.27. The number of anilines is 1. The first-order valence-corrected chi connectivity index (χ1v) is 7.13. The van der Waals surface area contributed by atoms with E-state index in [9.17, 15) is 9.59 Å². The van der Waals surface area contributed by atoms with Gasteiger partial charge in [-0.3, -0.25) is 0 Å². The number of carbonyl (C=O) groups excluding carboxylic acids is 1. The van der Waals surface area contributed by atoms with E-state index < -0.39 is 17.8 Å². The summed E-state index contributed by atoms with van der Waals surface area (Å²) in [4.78, 5) is 23.8. The SMILES string of the molecule is CSc1ccccc1N(NC(=O)O)C(=O)OC(C)(C)C. The Labute approximate surface area is 122 Å². The van der Waals surface area contributed by atoms with Crippen LogP contribution in [0.4, 0.5) is 15.3 Å². The van der Waals surface area contributed by atoms with Gasteiger partial charge in [0.15, 0.2) is 0 Å². The molecule has 0 aliphatic carbocycles. The fourth-order valence-electron chi connectivity index (χ4n) is 1.42. The van der Waals surface area contributed by atoms with Crippen LogP contribution in [0.1, 0.15) is 20.8 Å². The summed E-state index contributed by atoms with van der Waals surface area (Å²) in [6.07, 6.45) is -0.277. The van der Waals surface area contributed by atoms with Crippen molar-refractivity contribution in [3.8, 4) is 0 Å². The summed E-state index contributed by atoms with van der Waals surface area (Å²) >= 11 is 1.40. The number of thioether (sulfide) groups is 1. The number of hydrazine groups is 1. The average molecular weight is 298 g/mol. The molecule has 0 saturated carbocycles. The van der Waals surface area contributed by atoms with Crippen LogP contribution in [0.5, 0.6) is 0 Å². The van der Waals surface area contributed by atoms with Gasteiger partial charge in [-0.05, 0) is 39.2 Å². The number of hydrogen-bond acceptors (Lipinski definition) is 4. The quantitative estimate of drug-likeness (QED) is 0.646. The van der Waals surface area contributed by atoms with Crippen molar-refractivity contribution in [1.82, 2.24) is 5.43 Å². The molecule has 0 bridgehead atoms. The number of carboxylic acid groups (broad SMARTS) is 1. The number of ether oxygens (including phenoxy) is 1. The molecule has 2 amide bonds. The molecule has 1 aromatic rings. The van der Waals surface area contributed by atoms with E-state index in [2.05, 4.69) is 5.43 Å². The normalized spacial score (nSPS) is 10.8. The van der Waals surface area contributed by atoms with Crippen LogP contribution < -0.4 is 10.4 Å². The van der Waals surface area contributed by atoms with Crippen molar-refractivity contribution in [3.05, 3.63) is 24.3 Å². The van der Waals surface area contributed by atoms with Crippen molar-refractivity contribution in [2.45, 2.75) is 31.3 Å². The molecule has 110 valence electrons. The Morgan fingerprint density at radius 1 is 1.30 bits per heavy atom.